The summed E-state index contributed by atoms with van der Waals surface area (Å²) in [6, 6.07) is 4.36. The molecule has 1 aliphatic carbocycles. The lowest BCUT2D eigenvalue weighted by molar-refractivity contribution is 0.301. The maximum absolute atomic E-state index is 6.27. The highest BCUT2D eigenvalue weighted by Gasteiger charge is 2.21. The molecule has 20 heavy (non-hydrogen) atoms. The summed E-state index contributed by atoms with van der Waals surface area (Å²) >= 11 is 12.4. The van der Waals surface area contributed by atoms with E-state index in [0.29, 0.717) is 16.1 Å². The summed E-state index contributed by atoms with van der Waals surface area (Å²) in [4.78, 5) is 0. The van der Waals surface area contributed by atoms with Crippen LogP contribution in [0, 0.1) is 0 Å². The van der Waals surface area contributed by atoms with E-state index in [-0.39, 0.29) is 0 Å². The number of hydrogen-bond acceptors (Lipinski definition) is 2. The Morgan fingerprint density at radius 3 is 2.70 bits per heavy atom. The van der Waals surface area contributed by atoms with Crippen molar-refractivity contribution in [3.63, 3.8) is 0 Å². The average Bonchev–Trinajstić information content (AvgIpc) is 3.22. The second-order valence-electron chi connectivity index (χ2n) is 5.44. The highest BCUT2D eigenvalue weighted by Crippen LogP contribution is 2.33. The minimum absolute atomic E-state index is 0.612. The molecule has 0 spiro atoms. The van der Waals surface area contributed by atoms with Crippen LogP contribution in [0.3, 0.4) is 0 Å². The van der Waals surface area contributed by atoms with E-state index >= 15 is 0 Å². The topological polar surface area (TPSA) is 21.3 Å². The first-order valence-corrected chi connectivity index (χ1v) is 8.30. The van der Waals surface area contributed by atoms with Gasteiger partial charge in [0.25, 0.3) is 0 Å². The molecule has 1 aliphatic rings. The van der Waals surface area contributed by atoms with Gasteiger partial charge in [0.05, 0.1) is 11.6 Å². The Kier molecular flexibility index (Phi) is 6.47. The Labute approximate surface area is 131 Å². The van der Waals surface area contributed by atoms with Crippen LogP contribution in [0.25, 0.3) is 0 Å². The predicted octanol–water partition coefficient (Wildman–Crippen LogP) is 5.20. The number of hydrogen-bond donors (Lipinski definition) is 1. The van der Waals surface area contributed by atoms with Crippen molar-refractivity contribution < 1.29 is 4.74 Å². The van der Waals surface area contributed by atoms with Gasteiger partial charge < -0.3 is 10.1 Å². The van der Waals surface area contributed by atoms with Crippen molar-refractivity contribution in [3.8, 4) is 5.75 Å². The first-order valence-electron chi connectivity index (χ1n) is 7.54. The van der Waals surface area contributed by atoms with Crippen molar-refractivity contribution in [2.45, 2.75) is 58.0 Å². The van der Waals surface area contributed by atoms with Gasteiger partial charge in [-0.1, -0.05) is 49.4 Å². The Balaban J connectivity index is 1.92. The molecule has 1 saturated carbocycles. The Bertz CT molecular complexity index is 433. The molecule has 0 atom stereocenters. The third-order valence-corrected chi connectivity index (χ3v) is 3.99. The van der Waals surface area contributed by atoms with Crippen LogP contribution in [0.2, 0.25) is 10.0 Å². The lowest BCUT2D eigenvalue weighted by Crippen LogP contribution is -2.16. The first kappa shape index (κ1) is 15.9. The molecule has 4 heteroatoms. The van der Waals surface area contributed by atoms with E-state index in [4.69, 9.17) is 27.9 Å². The number of benzene rings is 1. The third-order valence-electron chi connectivity index (χ3n) is 3.49. The molecule has 1 aromatic rings. The van der Waals surface area contributed by atoms with Crippen molar-refractivity contribution in [1.29, 1.82) is 0 Å². The number of halogens is 2. The number of nitrogens with one attached hydrogen (secondary N) is 1. The molecule has 0 heterocycles. The quantitative estimate of drug-likeness (QED) is 0.632. The minimum Gasteiger partial charge on any atom is -0.492 e. The van der Waals surface area contributed by atoms with E-state index in [9.17, 15) is 0 Å². The van der Waals surface area contributed by atoms with Crippen molar-refractivity contribution >= 4 is 23.2 Å². The molecule has 2 nitrogen and oxygen atoms in total. The zero-order valence-electron chi connectivity index (χ0n) is 12.1. The maximum atomic E-state index is 6.27. The van der Waals surface area contributed by atoms with Gasteiger partial charge in [0.15, 0.2) is 0 Å². The fourth-order valence-corrected chi connectivity index (χ4v) is 2.74. The van der Waals surface area contributed by atoms with E-state index in [1.165, 1.54) is 32.1 Å². The largest absolute Gasteiger partial charge is 0.492 e. The maximum Gasteiger partial charge on any atom is 0.142 e. The summed E-state index contributed by atoms with van der Waals surface area (Å²) in [5.41, 5.74) is 1.06. The van der Waals surface area contributed by atoms with Gasteiger partial charge in [0, 0.05) is 23.2 Å². The van der Waals surface area contributed by atoms with Crippen LogP contribution in [0.1, 0.15) is 51.0 Å². The molecule has 0 bridgehead atoms. The zero-order chi connectivity index (χ0) is 14.4. The summed E-state index contributed by atoms with van der Waals surface area (Å²) in [6.45, 7) is 3.70. The van der Waals surface area contributed by atoms with Crippen LogP contribution in [0.4, 0.5) is 0 Å². The molecule has 1 N–H and O–H groups in total. The summed E-state index contributed by atoms with van der Waals surface area (Å²) in [6.07, 6.45) is 7.30. The van der Waals surface area contributed by atoms with Gasteiger partial charge in [-0.15, -0.1) is 0 Å². The average molecular weight is 316 g/mol. The van der Waals surface area contributed by atoms with E-state index in [1.54, 1.807) is 6.07 Å². The van der Waals surface area contributed by atoms with Crippen molar-refractivity contribution in [1.82, 2.24) is 5.32 Å². The molecular formula is C16H23Cl2NO. The molecular weight excluding hydrogens is 293 g/mol. The molecule has 2 rings (SSSR count). The Morgan fingerprint density at radius 2 is 2.00 bits per heavy atom. The molecule has 0 aromatic heterocycles. The minimum atomic E-state index is 0.612. The summed E-state index contributed by atoms with van der Waals surface area (Å²) in [7, 11) is 0. The predicted molar refractivity (Wildman–Crippen MR) is 86.0 cm³/mol. The smallest absolute Gasteiger partial charge is 0.142 e. The summed E-state index contributed by atoms with van der Waals surface area (Å²) in [5.74, 6) is 0.792. The molecule has 0 radical (unpaired) electrons. The second kappa shape index (κ2) is 8.11. The van der Waals surface area contributed by atoms with Gasteiger partial charge in [-0.25, -0.2) is 0 Å². The summed E-state index contributed by atoms with van der Waals surface area (Å²) in [5, 5.41) is 4.76. The van der Waals surface area contributed by atoms with Gasteiger partial charge >= 0.3 is 0 Å². The molecule has 112 valence electrons. The molecule has 0 saturated heterocycles. The van der Waals surface area contributed by atoms with Crippen molar-refractivity contribution in [3.05, 3.63) is 27.7 Å². The van der Waals surface area contributed by atoms with E-state index < -0.39 is 0 Å². The highest BCUT2D eigenvalue weighted by molar-refractivity contribution is 6.35. The fraction of sp³-hybridized carbons (Fsp3) is 0.625. The molecule has 0 amide bonds. The molecule has 1 aromatic carbocycles. The van der Waals surface area contributed by atoms with Crippen LogP contribution >= 0.6 is 23.2 Å². The molecule has 0 unspecified atom stereocenters. The standard InChI is InChI=1S/C16H23Cl2NO/c1-2-3-4-5-8-20-16-12(11-19-14-6-7-14)9-13(17)10-15(16)18/h9-10,14,19H,2-8,11H2,1H3. The van der Waals surface area contributed by atoms with Crippen LogP contribution in [-0.2, 0) is 6.54 Å². The lowest BCUT2D eigenvalue weighted by Gasteiger charge is -2.14. The van der Waals surface area contributed by atoms with Crippen molar-refractivity contribution in [2.75, 3.05) is 6.61 Å². The van der Waals surface area contributed by atoms with E-state index in [1.807, 2.05) is 6.07 Å². The SMILES string of the molecule is CCCCCCOc1c(Cl)cc(Cl)cc1CNC1CC1. The van der Waals surface area contributed by atoms with Crippen LogP contribution < -0.4 is 10.1 Å². The zero-order valence-corrected chi connectivity index (χ0v) is 13.6. The van der Waals surface area contributed by atoms with E-state index in [0.717, 1.165) is 30.9 Å². The first-order chi connectivity index (χ1) is 9.70. The Morgan fingerprint density at radius 1 is 1.20 bits per heavy atom. The van der Waals surface area contributed by atoms with Crippen LogP contribution in [-0.4, -0.2) is 12.6 Å². The number of unbranched alkanes of at least 4 members (excludes halogenated alkanes) is 3. The molecule has 0 aliphatic heterocycles. The van der Waals surface area contributed by atoms with Crippen LogP contribution in [0.15, 0.2) is 12.1 Å². The number of rotatable bonds is 9. The third kappa shape index (κ3) is 5.16. The highest BCUT2D eigenvalue weighted by atomic mass is 35.5. The van der Waals surface area contributed by atoms with Gasteiger partial charge in [0.2, 0.25) is 0 Å². The normalized spacial score (nSPS) is 14.6. The van der Waals surface area contributed by atoms with Gasteiger partial charge in [-0.2, -0.15) is 0 Å². The fourth-order valence-electron chi connectivity index (χ4n) is 2.15. The van der Waals surface area contributed by atoms with Gasteiger partial charge in [0.1, 0.15) is 5.75 Å². The number of ether oxygens (including phenoxy) is 1. The van der Waals surface area contributed by atoms with Gasteiger partial charge in [-0.05, 0) is 31.4 Å². The lowest BCUT2D eigenvalue weighted by atomic mass is 10.2. The van der Waals surface area contributed by atoms with Crippen LogP contribution in [0.5, 0.6) is 5.75 Å². The van der Waals surface area contributed by atoms with Gasteiger partial charge in [-0.3, -0.25) is 0 Å². The van der Waals surface area contributed by atoms with Crippen molar-refractivity contribution in [2.24, 2.45) is 0 Å². The Hall–Kier alpha value is -0.440. The second-order valence-corrected chi connectivity index (χ2v) is 6.28. The molecule has 1 fully saturated rings. The monoisotopic (exact) mass is 315 g/mol. The van der Waals surface area contributed by atoms with E-state index in [2.05, 4.69) is 12.2 Å². The summed E-state index contributed by atoms with van der Waals surface area (Å²) < 4.78 is 5.89.